The Morgan fingerprint density at radius 2 is 2.04 bits per heavy atom. The molecule has 1 aliphatic heterocycles. The number of amides is 3. The van der Waals surface area contributed by atoms with Crippen LogP contribution in [0.1, 0.15) is 42.1 Å². The number of carboxylic acid groups (broad SMARTS) is 1. The first-order valence-corrected chi connectivity index (χ1v) is 9.24. The van der Waals surface area contributed by atoms with Crippen molar-refractivity contribution in [2.75, 3.05) is 31.5 Å². The first kappa shape index (κ1) is 19.2. The largest absolute Gasteiger partial charge is 0.465 e. The smallest absolute Gasteiger partial charge is 0.410 e. The molecule has 1 aliphatic rings. The van der Waals surface area contributed by atoms with Crippen molar-refractivity contribution < 1.29 is 19.5 Å². The minimum absolute atomic E-state index is 0.0942. The van der Waals surface area contributed by atoms with Crippen LogP contribution < -0.4 is 5.32 Å². The van der Waals surface area contributed by atoms with E-state index in [0.29, 0.717) is 36.8 Å². The highest BCUT2D eigenvalue weighted by Crippen LogP contribution is 2.27. The standard InChI is InChI=1S/C16H24N4O4S/c1-4-19(5-2)13(21)11-7-6-8-20(9-11)14(22)12-10(3)17-15(25-12)18-16(23)24/h11H,4-9H2,1-3H3,(H,17,18)(H,23,24). The number of rotatable bonds is 5. The molecule has 8 nitrogen and oxygen atoms in total. The fraction of sp³-hybridized carbons (Fsp3) is 0.625. The number of piperidine rings is 1. The van der Waals surface area contributed by atoms with E-state index in [-0.39, 0.29) is 22.9 Å². The molecule has 1 saturated heterocycles. The van der Waals surface area contributed by atoms with Crippen LogP contribution >= 0.6 is 11.3 Å². The Hall–Kier alpha value is -2.16. The topological polar surface area (TPSA) is 103 Å². The molecule has 0 radical (unpaired) electrons. The van der Waals surface area contributed by atoms with Crippen molar-refractivity contribution in [1.29, 1.82) is 0 Å². The summed E-state index contributed by atoms with van der Waals surface area (Å²) in [7, 11) is 0. The van der Waals surface area contributed by atoms with Crippen LogP contribution in [0.4, 0.5) is 9.93 Å². The van der Waals surface area contributed by atoms with Gasteiger partial charge in [0.2, 0.25) is 5.91 Å². The van der Waals surface area contributed by atoms with Gasteiger partial charge < -0.3 is 14.9 Å². The molecule has 138 valence electrons. The number of aromatic nitrogens is 1. The van der Waals surface area contributed by atoms with Gasteiger partial charge in [0.05, 0.1) is 11.6 Å². The summed E-state index contributed by atoms with van der Waals surface area (Å²) in [6.45, 7) is 7.90. The summed E-state index contributed by atoms with van der Waals surface area (Å²) in [5.74, 6) is -0.273. The molecule has 0 saturated carbocycles. The quantitative estimate of drug-likeness (QED) is 0.830. The van der Waals surface area contributed by atoms with Crippen LogP contribution in [0.15, 0.2) is 0 Å². The number of hydrogen-bond donors (Lipinski definition) is 2. The van der Waals surface area contributed by atoms with Crippen LogP contribution in [0, 0.1) is 12.8 Å². The lowest BCUT2D eigenvalue weighted by molar-refractivity contribution is -0.136. The fourth-order valence-electron chi connectivity index (χ4n) is 3.04. The van der Waals surface area contributed by atoms with Gasteiger partial charge in [0.25, 0.3) is 5.91 Å². The summed E-state index contributed by atoms with van der Waals surface area (Å²) >= 11 is 1.02. The summed E-state index contributed by atoms with van der Waals surface area (Å²) in [6, 6.07) is 0. The molecule has 1 unspecified atom stereocenters. The van der Waals surface area contributed by atoms with Crippen molar-refractivity contribution >= 4 is 34.4 Å². The summed E-state index contributed by atoms with van der Waals surface area (Å²) in [5, 5.41) is 11.1. The van der Waals surface area contributed by atoms with E-state index in [2.05, 4.69) is 10.3 Å². The Balaban J connectivity index is 2.10. The van der Waals surface area contributed by atoms with Gasteiger partial charge in [-0.3, -0.25) is 14.9 Å². The van der Waals surface area contributed by atoms with Gasteiger partial charge in [0.1, 0.15) is 4.88 Å². The Morgan fingerprint density at radius 1 is 1.36 bits per heavy atom. The van der Waals surface area contributed by atoms with Crippen LogP contribution in [-0.2, 0) is 4.79 Å². The van der Waals surface area contributed by atoms with Gasteiger partial charge in [0, 0.05) is 26.2 Å². The Kier molecular flexibility index (Phi) is 6.35. The van der Waals surface area contributed by atoms with Crippen molar-refractivity contribution in [1.82, 2.24) is 14.8 Å². The van der Waals surface area contributed by atoms with E-state index >= 15 is 0 Å². The zero-order chi connectivity index (χ0) is 18.6. The molecule has 0 spiro atoms. The maximum Gasteiger partial charge on any atom is 0.410 e. The molecule has 3 amide bonds. The molecule has 1 fully saturated rings. The lowest BCUT2D eigenvalue weighted by Gasteiger charge is -2.34. The molecule has 2 N–H and O–H groups in total. The van der Waals surface area contributed by atoms with Crippen molar-refractivity contribution in [3.8, 4) is 0 Å². The number of aryl methyl sites for hydroxylation is 1. The van der Waals surface area contributed by atoms with Crippen LogP contribution in [0.25, 0.3) is 0 Å². The summed E-state index contributed by atoms with van der Waals surface area (Å²) < 4.78 is 0. The zero-order valence-corrected chi connectivity index (χ0v) is 15.6. The second kappa shape index (κ2) is 8.28. The first-order valence-electron chi connectivity index (χ1n) is 8.42. The number of carbonyl (C=O) groups is 3. The molecular weight excluding hydrogens is 344 g/mol. The van der Waals surface area contributed by atoms with E-state index in [1.807, 2.05) is 13.8 Å². The molecule has 1 aromatic rings. The second-order valence-electron chi connectivity index (χ2n) is 5.96. The number of anilines is 1. The fourth-order valence-corrected chi connectivity index (χ4v) is 3.96. The predicted molar refractivity (Wildman–Crippen MR) is 95.1 cm³/mol. The van der Waals surface area contributed by atoms with Gasteiger partial charge in [-0.2, -0.15) is 0 Å². The lowest BCUT2D eigenvalue weighted by atomic mass is 9.96. The average Bonchev–Trinajstić information content (AvgIpc) is 2.94. The first-order chi connectivity index (χ1) is 11.9. The minimum atomic E-state index is -1.21. The summed E-state index contributed by atoms with van der Waals surface area (Å²) in [6.07, 6.45) is 0.351. The maximum absolute atomic E-state index is 12.8. The Labute approximate surface area is 150 Å². The monoisotopic (exact) mass is 368 g/mol. The molecule has 9 heteroatoms. The number of nitrogens with zero attached hydrogens (tertiary/aromatic N) is 3. The third-order valence-corrected chi connectivity index (χ3v) is 5.40. The average molecular weight is 368 g/mol. The van der Waals surface area contributed by atoms with Crippen LogP contribution in [0.2, 0.25) is 0 Å². The molecule has 25 heavy (non-hydrogen) atoms. The lowest BCUT2D eigenvalue weighted by Crippen LogP contribution is -2.46. The van der Waals surface area contributed by atoms with Crippen LogP contribution in [-0.4, -0.2) is 64.0 Å². The Bertz CT molecular complexity index is 657. The van der Waals surface area contributed by atoms with E-state index in [1.54, 1.807) is 16.7 Å². The normalized spacial score (nSPS) is 17.2. The highest BCUT2D eigenvalue weighted by Gasteiger charge is 2.32. The van der Waals surface area contributed by atoms with Crippen molar-refractivity contribution in [2.45, 2.75) is 33.6 Å². The molecule has 1 atom stereocenters. The van der Waals surface area contributed by atoms with E-state index < -0.39 is 6.09 Å². The third kappa shape index (κ3) is 4.47. The number of carbonyl (C=O) groups excluding carboxylic acids is 2. The van der Waals surface area contributed by atoms with Crippen LogP contribution in [0.3, 0.4) is 0 Å². The van der Waals surface area contributed by atoms with Gasteiger partial charge in [0.15, 0.2) is 5.13 Å². The maximum atomic E-state index is 12.8. The van der Waals surface area contributed by atoms with E-state index in [0.717, 1.165) is 24.2 Å². The molecule has 2 heterocycles. The SMILES string of the molecule is CCN(CC)C(=O)C1CCCN(C(=O)c2sc(NC(=O)O)nc2C)C1. The molecule has 0 bridgehead atoms. The highest BCUT2D eigenvalue weighted by atomic mass is 32.1. The summed E-state index contributed by atoms with van der Waals surface area (Å²) in [4.78, 5) is 44.0. The second-order valence-corrected chi connectivity index (χ2v) is 6.96. The molecule has 2 rings (SSSR count). The zero-order valence-electron chi connectivity index (χ0n) is 14.7. The number of likely N-dealkylation sites (tertiary alicyclic amines) is 1. The molecule has 1 aromatic heterocycles. The number of thiazole rings is 1. The molecular formula is C16H24N4O4S. The van der Waals surface area contributed by atoms with E-state index in [4.69, 9.17) is 5.11 Å². The van der Waals surface area contributed by atoms with Crippen molar-refractivity contribution in [3.63, 3.8) is 0 Å². The van der Waals surface area contributed by atoms with Gasteiger partial charge in [-0.1, -0.05) is 11.3 Å². The van der Waals surface area contributed by atoms with Crippen molar-refractivity contribution in [3.05, 3.63) is 10.6 Å². The van der Waals surface area contributed by atoms with E-state index in [1.165, 1.54) is 0 Å². The van der Waals surface area contributed by atoms with Gasteiger partial charge in [-0.25, -0.2) is 9.78 Å². The predicted octanol–water partition coefficient (Wildman–Crippen LogP) is 2.26. The molecule has 0 aliphatic carbocycles. The summed E-state index contributed by atoms with van der Waals surface area (Å²) in [5.41, 5.74) is 0.496. The highest BCUT2D eigenvalue weighted by molar-refractivity contribution is 7.17. The number of hydrogen-bond acceptors (Lipinski definition) is 5. The van der Waals surface area contributed by atoms with Gasteiger partial charge >= 0.3 is 6.09 Å². The van der Waals surface area contributed by atoms with Crippen LogP contribution in [0.5, 0.6) is 0 Å². The van der Waals surface area contributed by atoms with Gasteiger partial charge in [-0.05, 0) is 33.6 Å². The van der Waals surface area contributed by atoms with E-state index in [9.17, 15) is 14.4 Å². The third-order valence-electron chi connectivity index (χ3n) is 4.34. The Morgan fingerprint density at radius 3 is 2.64 bits per heavy atom. The molecule has 0 aromatic carbocycles. The number of nitrogens with one attached hydrogen (secondary N) is 1. The van der Waals surface area contributed by atoms with Crippen molar-refractivity contribution in [2.24, 2.45) is 5.92 Å². The van der Waals surface area contributed by atoms with Gasteiger partial charge in [-0.15, -0.1) is 0 Å². The minimum Gasteiger partial charge on any atom is -0.465 e.